The summed E-state index contributed by atoms with van der Waals surface area (Å²) in [5, 5.41) is 23.8. The number of ether oxygens (including phenoxy) is 1. The molecule has 150 valence electrons. The van der Waals surface area contributed by atoms with Gasteiger partial charge < -0.3 is 15.2 Å². The van der Waals surface area contributed by atoms with E-state index < -0.39 is 12.1 Å². The number of aromatic nitrogens is 4. The second-order valence-corrected chi connectivity index (χ2v) is 7.42. The van der Waals surface area contributed by atoms with Crippen molar-refractivity contribution >= 4 is 6.09 Å². The van der Waals surface area contributed by atoms with Gasteiger partial charge >= 0.3 is 6.09 Å². The summed E-state index contributed by atoms with van der Waals surface area (Å²) >= 11 is 0. The normalized spacial score (nSPS) is 14.4. The number of carbonyl (C=O) groups excluding carboxylic acids is 1. The number of rotatable bonds is 6. The van der Waals surface area contributed by atoms with Crippen LogP contribution in [0, 0.1) is 6.92 Å². The minimum Gasteiger partial charge on any atom is -0.410 e. The summed E-state index contributed by atoms with van der Waals surface area (Å²) in [6.45, 7) is 3.56. The van der Waals surface area contributed by atoms with Crippen LogP contribution in [0.5, 0.6) is 5.75 Å². The van der Waals surface area contributed by atoms with Crippen LogP contribution in [0.3, 0.4) is 0 Å². The molecule has 1 fully saturated rings. The molecule has 1 aromatic heterocycles. The number of aryl methyl sites for hydroxylation is 1. The zero-order chi connectivity index (χ0) is 20.4. The predicted octanol–water partition coefficient (Wildman–Crippen LogP) is 2.98. The first-order valence-electron chi connectivity index (χ1n) is 9.63. The molecule has 0 bridgehead atoms. The molecule has 0 saturated heterocycles. The van der Waals surface area contributed by atoms with Gasteiger partial charge in [0.25, 0.3) is 0 Å². The van der Waals surface area contributed by atoms with Gasteiger partial charge in [0.15, 0.2) is 5.82 Å². The van der Waals surface area contributed by atoms with Crippen LogP contribution in [0.2, 0.25) is 0 Å². The first-order chi connectivity index (χ1) is 14.0. The van der Waals surface area contributed by atoms with E-state index in [-0.39, 0.29) is 6.61 Å². The SMILES string of the molecule is Cc1ccc(-c2cc(OC(=O)NC(C)CO)cc(-n3nnnc3C3CC3)c2)cc1. The Balaban J connectivity index is 1.72. The van der Waals surface area contributed by atoms with E-state index in [1.54, 1.807) is 23.7 Å². The maximum absolute atomic E-state index is 12.2. The Morgan fingerprint density at radius 2 is 2.00 bits per heavy atom. The summed E-state index contributed by atoms with van der Waals surface area (Å²) in [5.41, 5.74) is 3.77. The highest BCUT2D eigenvalue weighted by molar-refractivity contribution is 5.74. The Bertz CT molecular complexity index is 1010. The molecule has 0 radical (unpaired) electrons. The molecule has 2 aromatic carbocycles. The number of benzene rings is 2. The topological polar surface area (TPSA) is 102 Å². The van der Waals surface area contributed by atoms with Gasteiger partial charge in [0.2, 0.25) is 0 Å². The maximum Gasteiger partial charge on any atom is 0.412 e. The smallest absolute Gasteiger partial charge is 0.410 e. The zero-order valence-electron chi connectivity index (χ0n) is 16.4. The number of amides is 1. The average molecular weight is 393 g/mol. The molecule has 4 rings (SSSR count). The number of hydrogen-bond donors (Lipinski definition) is 2. The average Bonchev–Trinajstić information content (AvgIpc) is 3.44. The number of aliphatic hydroxyl groups excluding tert-OH is 1. The van der Waals surface area contributed by atoms with E-state index in [1.807, 2.05) is 37.3 Å². The van der Waals surface area contributed by atoms with E-state index in [0.717, 1.165) is 41.0 Å². The van der Waals surface area contributed by atoms with Gasteiger partial charge in [-0.2, -0.15) is 4.68 Å². The molecule has 8 heteroatoms. The minimum atomic E-state index is -0.627. The molecular weight excluding hydrogens is 370 g/mol. The van der Waals surface area contributed by atoms with Crippen molar-refractivity contribution in [3.05, 3.63) is 53.9 Å². The third kappa shape index (κ3) is 4.43. The van der Waals surface area contributed by atoms with Crippen LogP contribution in [-0.2, 0) is 0 Å². The molecule has 29 heavy (non-hydrogen) atoms. The van der Waals surface area contributed by atoms with Gasteiger partial charge in [0, 0.05) is 12.0 Å². The van der Waals surface area contributed by atoms with Gasteiger partial charge in [-0.1, -0.05) is 29.8 Å². The summed E-state index contributed by atoms with van der Waals surface area (Å²) in [4.78, 5) is 12.2. The molecular formula is C21H23N5O3. The van der Waals surface area contributed by atoms with Crippen LogP contribution >= 0.6 is 0 Å². The Labute approximate surface area is 168 Å². The Morgan fingerprint density at radius 3 is 2.69 bits per heavy atom. The van der Waals surface area contributed by atoms with Gasteiger partial charge in [-0.3, -0.25) is 0 Å². The fourth-order valence-electron chi connectivity index (χ4n) is 3.03. The van der Waals surface area contributed by atoms with E-state index in [9.17, 15) is 4.79 Å². The Kier molecular flexibility index (Phi) is 5.26. The summed E-state index contributed by atoms with van der Waals surface area (Å²) in [6, 6.07) is 13.2. The molecule has 1 atom stereocenters. The fraction of sp³-hybridized carbons (Fsp3) is 0.333. The van der Waals surface area contributed by atoms with E-state index in [1.165, 1.54) is 0 Å². The van der Waals surface area contributed by atoms with E-state index >= 15 is 0 Å². The van der Waals surface area contributed by atoms with Gasteiger partial charge in [-0.25, -0.2) is 4.79 Å². The van der Waals surface area contributed by atoms with Crippen LogP contribution in [-0.4, -0.2) is 44.1 Å². The van der Waals surface area contributed by atoms with Crippen molar-refractivity contribution in [2.75, 3.05) is 6.61 Å². The Hall–Kier alpha value is -3.26. The number of carbonyl (C=O) groups is 1. The van der Waals surface area contributed by atoms with E-state index in [2.05, 4.69) is 20.8 Å². The van der Waals surface area contributed by atoms with E-state index in [4.69, 9.17) is 9.84 Å². The third-order valence-electron chi connectivity index (χ3n) is 4.81. The van der Waals surface area contributed by atoms with Crippen LogP contribution < -0.4 is 10.1 Å². The standard InChI is InChI=1S/C21H23N5O3/c1-13-3-5-15(6-4-13)17-9-18(26-20(16-7-8-16)23-24-25-26)11-19(10-17)29-21(28)22-14(2)12-27/h3-6,9-11,14,16,27H,7-8,12H2,1-2H3,(H,22,28). The molecule has 3 aromatic rings. The van der Waals surface area contributed by atoms with Crippen LogP contribution in [0.4, 0.5) is 4.79 Å². The molecule has 1 unspecified atom stereocenters. The minimum absolute atomic E-state index is 0.168. The number of aliphatic hydroxyl groups is 1. The molecule has 1 aliphatic rings. The monoisotopic (exact) mass is 393 g/mol. The van der Waals surface area contributed by atoms with Gasteiger partial charge in [-0.15, -0.1) is 5.10 Å². The number of nitrogens with one attached hydrogen (secondary N) is 1. The van der Waals surface area contributed by atoms with Crippen molar-refractivity contribution in [3.63, 3.8) is 0 Å². The number of nitrogens with zero attached hydrogens (tertiary/aromatic N) is 4. The van der Waals surface area contributed by atoms with Crippen molar-refractivity contribution in [3.8, 4) is 22.6 Å². The first kappa shape index (κ1) is 19.1. The molecule has 1 aliphatic carbocycles. The number of hydrogen-bond acceptors (Lipinski definition) is 6. The third-order valence-corrected chi connectivity index (χ3v) is 4.81. The molecule has 8 nitrogen and oxygen atoms in total. The highest BCUT2D eigenvalue weighted by atomic mass is 16.6. The number of tetrazole rings is 1. The molecule has 0 spiro atoms. The van der Waals surface area contributed by atoms with E-state index in [0.29, 0.717) is 11.7 Å². The summed E-state index contributed by atoms with van der Waals surface area (Å²) in [7, 11) is 0. The molecule has 1 heterocycles. The second-order valence-electron chi connectivity index (χ2n) is 7.42. The largest absolute Gasteiger partial charge is 0.412 e. The predicted molar refractivity (Wildman–Crippen MR) is 107 cm³/mol. The lowest BCUT2D eigenvalue weighted by atomic mass is 10.0. The first-order valence-corrected chi connectivity index (χ1v) is 9.63. The summed E-state index contributed by atoms with van der Waals surface area (Å²) < 4.78 is 7.19. The van der Waals surface area contributed by atoms with Crippen molar-refractivity contribution in [2.24, 2.45) is 0 Å². The lowest BCUT2D eigenvalue weighted by molar-refractivity contribution is 0.186. The van der Waals surface area contributed by atoms with Crippen LogP contribution in [0.1, 0.15) is 37.1 Å². The highest BCUT2D eigenvalue weighted by Gasteiger charge is 2.30. The molecule has 1 amide bonds. The highest BCUT2D eigenvalue weighted by Crippen LogP contribution is 2.39. The summed E-state index contributed by atoms with van der Waals surface area (Å²) in [6.07, 6.45) is 1.52. The van der Waals surface area contributed by atoms with Crippen molar-refractivity contribution in [2.45, 2.75) is 38.6 Å². The van der Waals surface area contributed by atoms with Crippen LogP contribution in [0.15, 0.2) is 42.5 Å². The molecule has 1 saturated carbocycles. The van der Waals surface area contributed by atoms with Crippen LogP contribution in [0.25, 0.3) is 16.8 Å². The quantitative estimate of drug-likeness (QED) is 0.667. The van der Waals surface area contributed by atoms with Crippen molar-refractivity contribution < 1.29 is 14.6 Å². The lowest BCUT2D eigenvalue weighted by Crippen LogP contribution is -2.37. The lowest BCUT2D eigenvalue weighted by Gasteiger charge is -2.14. The van der Waals surface area contributed by atoms with Gasteiger partial charge in [0.05, 0.1) is 18.3 Å². The van der Waals surface area contributed by atoms with Gasteiger partial charge in [-0.05, 0) is 60.4 Å². The Morgan fingerprint density at radius 1 is 1.24 bits per heavy atom. The molecule has 0 aliphatic heterocycles. The molecule has 2 N–H and O–H groups in total. The van der Waals surface area contributed by atoms with Gasteiger partial charge in [0.1, 0.15) is 5.75 Å². The zero-order valence-corrected chi connectivity index (χ0v) is 16.4. The maximum atomic E-state index is 12.2. The summed E-state index contributed by atoms with van der Waals surface area (Å²) in [5.74, 6) is 1.56. The van der Waals surface area contributed by atoms with Crippen molar-refractivity contribution in [1.29, 1.82) is 0 Å². The fourth-order valence-corrected chi connectivity index (χ4v) is 3.03. The second kappa shape index (κ2) is 8.00. The van der Waals surface area contributed by atoms with Crippen molar-refractivity contribution in [1.82, 2.24) is 25.5 Å².